The van der Waals surface area contributed by atoms with Gasteiger partial charge in [-0.2, -0.15) is 0 Å². The van der Waals surface area contributed by atoms with Gasteiger partial charge in [0.2, 0.25) is 0 Å². The molecule has 9 nitrogen and oxygen atoms in total. The standard InChI is InChI=1S/C48H53N3O6/c52-37-18-14-31(25-40(37)55)13-16-34-35-6-3-7-38(53)42(35)44(57)43(56)36(34)17-12-30-8-10-32(11-9-30)26-49-28-48(41-27-50-29-51-41)45-39(54)19-15-33-5-4-22-47(33,45)24-23-46(48)20-1-2-21-46/h3,6-11,13-16,18-19,25,27,29,33,39,45,49,52-57H,1-2,4-5,12,17,20-24,26,28H2,(H,50,51)/b16-13+/t33-,39+,45-,47+,48-/m0/s1. The number of aromatic amines is 1. The number of aromatic nitrogens is 2. The summed E-state index contributed by atoms with van der Waals surface area (Å²) in [5.41, 5.74) is 5.16. The van der Waals surface area contributed by atoms with Crippen molar-refractivity contribution in [2.24, 2.45) is 22.7 Å². The Morgan fingerprint density at radius 2 is 1.58 bits per heavy atom. The molecule has 0 bridgehead atoms. The number of nitrogens with zero attached hydrogens (tertiary/aromatic N) is 1. The first-order valence-electron chi connectivity index (χ1n) is 20.7. The van der Waals surface area contributed by atoms with Gasteiger partial charge in [-0.1, -0.05) is 86.0 Å². The van der Waals surface area contributed by atoms with E-state index in [4.69, 9.17) is 0 Å². The fraction of sp³-hybridized carbons (Fsp3) is 0.396. The molecule has 3 fully saturated rings. The van der Waals surface area contributed by atoms with Crippen molar-refractivity contribution in [2.45, 2.75) is 88.7 Å². The molecule has 4 aliphatic rings. The molecule has 1 aromatic heterocycles. The van der Waals surface area contributed by atoms with Crippen LogP contribution in [-0.2, 0) is 24.8 Å². The van der Waals surface area contributed by atoms with E-state index in [0.717, 1.165) is 17.7 Å². The largest absolute Gasteiger partial charge is 0.507 e. The molecule has 57 heavy (non-hydrogen) atoms. The van der Waals surface area contributed by atoms with Crippen LogP contribution in [-0.4, -0.2) is 53.3 Å². The maximum absolute atomic E-state index is 12.0. The third-order valence-corrected chi connectivity index (χ3v) is 14.7. The molecule has 1 heterocycles. The van der Waals surface area contributed by atoms with Gasteiger partial charge in [-0.15, -0.1) is 0 Å². The number of benzene rings is 4. The zero-order chi connectivity index (χ0) is 39.4. The second-order valence-corrected chi connectivity index (χ2v) is 17.3. The van der Waals surface area contributed by atoms with Crippen LogP contribution >= 0.6 is 0 Å². The summed E-state index contributed by atoms with van der Waals surface area (Å²) >= 11 is 0. The summed E-state index contributed by atoms with van der Waals surface area (Å²) in [7, 11) is 0. The molecule has 2 spiro atoms. The van der Waals surface area contributed by atoms with Gasteiger partial charge in [-0.25, -0.2) is 4.98 Å². The Kier molecular flexibility index (Phi) is 9.56. The Hall–Kier alpha value is -5.25. The first-order valence-corrected chi connectivity index (χ1v) is 20.7. The number of aliphatic hydroxyl groups excluding tert-OH is 1. The molecule has 9 heteroatoms. The number of H-pyrrole nitrogens is 1. The number of allylic oxidation sites excluding steroid dienone is 1. The Morgan fingerprint density at radius 3 is 2.35 bits per heavy atom. The van der Waals surface area contributed by atoms with E-state index in [0.29, 0.717) is 47.4 Å². The van der Waals surface area contributed by atoms with Crippen molar-refractivity contribution in [3.05, 3.63) is 119 Å². The minimum atomic E-state index is -0.492. The minimum absolute atomic E-state index is 0.104. The van der Waals surface area contributed by atoms with E-state index in [9.17, 15) is 30.6 Å². The maximum Gasteiger partial charge on any atom is 0.169 e. The first-order chi connectivity index (χ1) is 27.7. The Balaban J connectivity index is 0.964. The van der Waals surface area contributed by atoms with E-state index in [1.54, 1.807) is 30.4 Å². The molecule has 296 valence electrons. The van der Waals surface area contributed by atoms with Crippen molar-refractivity contribution < 1.29 is 30.6 Å². The highest BCUT2D eigenvalue weighted by molar-refractivity contribution is 6.03. The van der Waals surface area contributed by atoms with Gasteiger partial charge in [-0.05, 0) is 114 Å². The Bertz CT molecular complexity index is 2330. The molecule has 5 aromatic rings. The summed E-state index contributed by atoms with van der Waals surface area (Å²) in [6, 6.07) is 18.0. The number of hydrogen-bond acceptors (Lipinski definition) is 8. The van der Waals surface area contributed by atoms with Crippen LogP contribution in [0.2, 0.25) is 0 Å². The average Bonchev–Trinajstić information content (AvgIpc) is 4.01. The number of aliphatic hydroxyl groups is 1. The molecule has 0 saturated heterocycles. The lowest BCUT2D eigenvalue weighted by atomic mass is 9.39. The van der Waals surface area contributed by atoms with E-state index < -0.39 is 6.10 Å². The van der Waals surface area contributed by atoms with Crippen LogP contribution in [0.1, 0.15) is 91.3 Å². The second kappa shape index (κ2) is 14.6. The summed E-state index contributed by atoms with van der Waals surface area (Å²) in [6.45, 7) is 1.45. The SMILES string of the molecule is Oc1ccc(/C=C/c2c(CCc3ccc(CNC[C@]4(c5cnc[nH]5)[C@H]5[C@H](O)C=C[C@@H]6CCC[C@@]65CCC45CCCC5)cc3)c(O)c(O)c3c(O)cccc23)cc1O. The summed E-state index contributed by atoms with van der Waals surface area (Å²) in [5.74, 6) is -0.609. The van der Waals surface area contributed by atoms with Crippen LogP contribution in [0.25, 0.3) is 22.9 Å². The van der Waals surface area contributed by atoms with Gasteiger partial charge in [0.15, 0.2) is 23.0 Å². The second-order valence-electron chi connectivity index (χ2n) is 17.3. The monoisotopic (exact) mass is 767 g/mol. The number of imidazole rings is 1. The smallest absolute Gasteiger partial charge is 0.169 e. The summed E-state index contributed by atoms with van der Waals surface area (Å²) in [5, 5.41) is 69.5. The van der Waals surface area contributed by atoms with E-state index >= 15 is 0 Å². The number of phenolic OH excluding ortho intramolecular Hbond substituents is 5. The number of hydrogen-bond donors (Lipinski definition) is 8. The molecule has 3 saturated carbocycles. The van der Waals surface area contributed by atoms with Gasteiger partial charge in [0.05, 0.1) is 17.8 Å². The van der Waals surface area contributed by atoms with Crippen LogP contribution in [0.3, 0.4) is 0 Å². The summed E-state index contributed by atoms with van der Waals surface area (Å²) < 4.78 is 0. The summed E-state index contributed by atoms with van der Waals surface area (Å²) in [4.78, 5) is 8.18. The lowest BCUT2D eigenvalue weighted by Gasteiger charge is -2.65. The lowest BCUT2D eigenvalue weighted by molar-refractivity contribution is -0.136. The van der Waals surface area contributed by atoms with Crippen molar-refractivity contribution in [2.75, 3.05) is 6.54 Å². The topological polar surface area (TPSA) is 162 Å². The molecule has 9 rings (SSSR count). The van der Waals surface area contributed by atoms with E-state index in [-0.39, 0.29) is 56.3 Å². The molecular formula is C48H53N3O6. The van der Waals surface area contributed by atoms with Crippen LogP contribution < -0.4 is 5.32 Å². The number of aryl methyl sites for hydroxylation is 1. The third-order valence-electron chi connectivity index (χ3n) is 14.7. The number of phenols is 5. The van der Waals surface area contributed by atoms with Crippen molar-refractivity contribution in [3.63, 3.8) is 0 Å². The average molecular weight is 768 g/mol. The molecule has 0 radical (unpaired) electrons. The van der Waals surface area contributed by atoms with Crippen LogP contribution in [0.5, 0.6) is 28.7 Å². The van der Waals surface area contributed by atoms with E-state index in [2.05, 4.69) is 51.7 Å². The Morgan fingerprint density at radius 1 is 0.772 bits per heavy atom. The third kappa shape index (κ3) is 6.09. The van der Waals surface area contributed by atoms with Gasteiger partial charge in [0.1, 0.15) is 5.75 Å². The quantitative estimate of drug-likeness (QED) is 0.0398. The Labute approximate surface area is 333 Å². The van der Waals surface area contributed by atoms with Gasteiger partial charge in [-0.3, -0.25) is 0 Å². The lowest BCUT2D eigenvalue weighted by Crippen LogP contribution is -2.67. The van der Waals surface area contributed by atoms with Crippen LogP contribution in [0, 0.1) is 22.7 Å². The molecule has 4 aliphatic carbocycles. The zero-order valence-electron chi connectivity index (χ0n) is 32.3. The van der Waals surface area contributed by atoms with Gasteiger partial charge < -0.3 is 40.9 Å². The molecule has 0 unspecified atom stereocenters. The summed E-state index contributed by atoms with van der Waals surface area (Å²) in [6.07, 6.45) is 23.2. The number of aromatic hydroxyl groups is 5. The number of nitrogens with one attached hydrogen (secondary N) is 2. The predicted molar refractivity (Wildman–Crippen MR) is 222 cm³/mol. The van der Waals surface area contributed by atoms with Gasteiger partial charge in [0, 0.05) is 41.9 Å². The highest BCUT2D eigenvalue weighted by Crippen LogP contribution is 2.72. The van der Waals surface area contributed by atoms with Crippen LogP contribution in [0.4, 0.5) is 0 Å². The van der Waals surface area contributed by atoms with Crippen molar-refractivity contribution >= 4 is 22.9 Å². The van der Waals surface area contributed by atoms with E-state index in [1.165, 1.54) is 81.7 Å². The zero-order valence-corrected chi connectivity index (χ0v) is 32.3. The molecule has 0 amide bonds. The van der Waals surface area contributed by atoms with Crippen molar-refractivity contribution in [3.8, 4) is 28.7 Å². The van der Waals surface area contributed by atoms with E-state index in [1.807, 2.05) is 12.5 Å². The van der Waals surface area contributed by atoms with Crippen molar-refractivity contribution in [1.29, 1.82) is 0 Å². The fourth-order valence-corrected chi connectivity index (χ4v) is 12.2. The van der Waals surface area contributed by atoms with Crippen LogP contribution in [0.15, 0.2) is 85.3 Å². The van der Waals surface area contributed by atoms with Gasteiger partial charge in [0.25, 0.3) is 0 Å². The molecule has 4 aromatic carbocycles. The molecule has 5 atom stereocenters. The first kappa shape index (κ1) is 37.3. The predicted octanol–water partition coefficient (Wildman–Crippen LogP) is 8.76. The number of fused-ring (bicyclic) bond motifs is 1. The fourth-order valence-electron chi connectivity index (χ4n) is 12.2. The molecular weight excluding hydrogens is 715 g/mol. The maximum atomic E-state index is 12.0. The minimum Gasteiger partial charge on any atom is -0.507 e. The van der Waals surface area contributed by atoms with Crippen molar-refractivity contribution in [1.82, 2.24) is 15.3 Å². The number of rotatable bonds is 10. The molecule has 0 aliphatic heterocycles. The van der Waals surface area contributed by atoms with Gasteiger partial charge >= 0.3 is 0 Å². The molecule has 8 N–H and O–H groups in total. The normalized spacial score (nSPS) is 26.4. The highest BCUT2D eigenvalue weighted by Gasteiger charge is 2.69. The highest BCUT2D eigenvalue weighted by atomic mass is 16.3.